The first-order valence-electron chi connectivity index (χ1n) is 9.48. The highest BCUT2D eigenvalue weighted by molar-refractivity contribution is 6.30. The van der Waals surface area contributed by atoms with Crippen molar-refractivity contribution in [1.82, 2.24) is 24.6 Å². The van der Waals surface area contributed by atoms with Crippen LogP contribution in [-0.2, 0) is 32.9 Å². The number of halogens is 1. The molecule has 27 heavy (non-hydrogen) atoms. The minimum atomic E-state index is 0.747. The zero-order valence-electron chi connectivity index (χ0n) is 15.8. The van der Waals surface area contributed by atoms with Gasteiger partial charge in [-0.05, 0) is 24.6 Å². The maximum Gasteiger partial charge on any atom is 0.129 e. The third kappa shape index (κ3) is 3.89. The largest absolute Gasteiger partial charge is 0.297 e. The molecule has 0 radical (unpaired) electrons. The maximum absolute atomic E-state index is 6.08. The molecule has 6 heteroatoms. The van der Waals surface area contributed by atoms with Crippen molar-refractivity contribution >= 4 is 11.6 Å². The number of fused-ring (bicyclic) bond motifs is 1. The molecule has 1 aliphatic rings. The number of hydrogen-bond donors (Lipinski definition) is 0. The van der Waals surface area contributed by atoms with Gasteiger partial charge in [0, 0.05) is 67.6 Å². The molecule has 3 aromatic rings. The standard InChI is InChI=1S/C21H24ClN5/c1-3-20-24-19-10-13-27(14-17-8-11-23-26(17)2)12-9-18(19)21(25-20)15-4-6-16(22)7-5-15/h4-8,11H,3,9-10,12-14H2,1-2H3. The summed E-state index contributed by atoms with van der Waals surface area (Å²) in [4.78, 5) is 12.2. The molecule has 0 saturated heterocycles. The Bertz CT molecular complexity index is 932. The van der Waals surface area contributed by atoms with Crippen LogP contribution in [0.4, 0.5) is 0 Å². The first-order chi connectivity index (χ1) is 13.1. The Morgan fingerprint density at radius 1 is 1.04 bits per heavy atom. The van der Waals surface area contributed by atoms with Gasteiger partial charge in [0.2, 0.25) is 0 Å². The number of hydrogen-bond acceptors (Lipinski definition) is 4. The summed E-state index contributed by atoms with van der Waals surface area (Å²) in [7, 11) is 2.00. The first kappa shape index (κ1) is 18.1. The lowest BCUT2D eigenvalue weighted by molar-refractivity contribution is 0.271. The highest BCUT2D eigenvalue weighted by Crippen LogP contribution is 2.28. The van der Waals surface area contributed by atoms with Crippen LogP contribution in [0.15, 0.2) is 36.5 Å². The molecule has 3 heterocycles. The fourth-order valence-corrected chi connectivity index (χ4v) is 3.77. The fraction of sp³-hybridized carbons (Fsp3) is 0.381. The van der Waals surface area contributed by atoms with Crippen LogP contribution in [0.25, 0.3) is 11.3 Å². The van der Waals surface area contributed by atoms with E-state index in [0.29, 0.717) is 0 Å². The average Bonchev–Trinajstić information content (AvgIpc) is 2.97. The number of benzene rings is 1. The molecular formula is C21H24ClN5. The van der Waals surface area contributed by atoms with E-state index in [1.54, 1.807) is 0 Å². The smallest absolute Gasteiger partial charge is 0.129 e. The van der Waals surface area contributed by atoms with Gasteiger partial charge in [-0.2, -0.15) is 5.10 Å². The molecule has 1 aromatic carbocycles. The van der Waals surface area contributed by atoms with Crippen LogP contribution in [0.5, 0.6) is 0 Å². The van der Waals surface area contributed by atoms with Crippen LogP contribution in [0.3, 0.4) is 0 Å². The van der Waals surface area contributed by atoms with Gasteiger partial charge in [0.05, 0.1) is 11.4 Å². The van der Waals surface area contributed by atoms with Crippen LogP contribution in [-0.4, -0.2) is 37.7 Å². The van der Waals surface area contributed by atoms with Gasteiger partial charge in [-0.25, -0.2) is 9.97 Å². The SMILES string of the molecule is CCc1nc2c(c(-c3ccc(Cl)cc3)n1)CCN(Cc1ccnn1C)CC2. The zero-order valence-corrected chi connectivity index (χ0v) is 16.6. The van der Waals surface area contributed by atoms with Gasteiger partial charge in [0.1, 0.15) is 5.82 Å². The van der Waals surface area contributed by atoms with Gasteiger partial charge in [0.25, 0.3) is 0 Å². The second kappa shape index (κ2) is 7.79. The number of aryl methyl sites for hydroxylation is 2. The predicted molar refractivity (Wildman–Crippen MR) is 108 cm³/mol. The Kier molecular flexibility index (Phi) is 5.23. The van der Waals surface area contributed by atoms with Gasteiger partial charge in [-0.15, -0.1) is 0 Å². The molecule has 140 valence electrons. The summed E-state index contributed by atoms with van der Waals surface area (Å²) in [5, 5.41) is 5.03. The predicted octanol–water partition coefficient (Wildman–Crippen LogP) is 3.69. The average molecular weight is 382 g/mol. The summed E-state index contributed by atoms with van der Waals surface area (Å²) < 4.78 is 1.95. The molecule has 0 aliphatic carbocycles. The first-order valence-corrected chi connectivity index (χ1v) is 9.85. The molecule has 0 amide bonds. The van der Waals surface area contributed by atoms with Gasteiger partial charge in [0.15, 0.2) is 0 Å². The Morgan fingerprint density at radius 2 is 1.81 bits per heavy atom. The van der Waals surface area contributed by atoms with Crippen molar-refractivity contribution in [1.29, 1.82) is 0 Å². The molecule has 0 atom stereocenters. The molecule has 2 aromatic heterocycles. The van der Waals surface area contributed by atoms with E-state index in [1.807, 2.05) is 30.1 Å². The van der Waals surface area contributed by atoms with E-state index < -0.39 is 0 Å². The Labute approximate surface area is 165 Å². The van der Waals surface area contributed by atoms with Crippen molar-refractivity contribution in [3.8, 4) is 11.3 Å². The van der Waals surface area contributed by atoms with E-state index in [-0.39, 0.29) is 0 Å². The van der Waals surface area contributed by atoms with Crippen LogP contribution in [0.1, 0.15) is 29.7 Å². The van der Waals surface area contributed by atoms with Crippen molar-refractivity contribution in [2.45, 2.75) is 32.7 Å². The molecule has 0 N–H and O–H groups in total. The van der Waals surface area contributed by atoms with Crippen molar-refractivity contribution in [2.75, 3.05) is 13.1 Å². The van der Waals surface area contributed by atoms with Gasteiger partial charge in [-0.3, -0.25) is 9.58 Å². The van der Waals surface area contributed by atoms with E-state index in [4.69, 9.17) is 21.6 Å². The number of rotatable bonds is 4. The van der Waals surface area contributed by atoms with Crippen LogP contribution in [0, 0.1) is 0 Å². The molecule has 0 bridgehead atoms. The molecule has 0 saturated carbocycles. The maximum atomic E-state index is 6.08. The number of nitrogens with zero attached hydrogens (tertiary/aromatic N) is 5. The highest BCUT2D eigenvalue weighted by atomic mass is 35.5. The minimum Gasteiger partial charge on any atom is -0.297 e. The van der Waals surface area contributed by atoms with Gasteiger partial charge >= 0.3 is 0 Å². The lowest BCUT2D eigenvalue weighted by Crippen LogP contribution is -2.27. The van der Waals surface area contributed by atoms with Gasteiger partial charge < -0.3 is 0 Å². The Balaban J connectivity index is 1.64. The van der Waals surface area contributed by atoms with Crippen LogP contribution >= 0.6 is 11.6 Å². The molecular weight excluding hydrogens is 358 g/mol. The summed E-state index contributed by atoms with van der Waals surface area (Å²) in [5.41, 5.74) is 5.89. The third-order valence-electron chi connectivity index (χ3n) is 5.22. The fourth-order valence-electron chi connectivity index (χ4n) is 3.64. The van der Waals surface area contributed by atoms with Gasteiger partial charge in [-0.1, -0.05) is 30.7 Å². The van der Waals surface area contributed by atoms with Crippen LogP contribution < -0.4 is 0 Å². The summed E-state index contributed by atoms with van der Waals surface area (Å²) in [6.07, 6.45) is 4.60. The van der Waals surface area contributed by atoms with Crippen molar-refractivity contribution in [2.24, 2.45) is 7.05 Å². The van der Waals surface area contributed by atoms with Crippen molar-refractivity contribution in [3.63, 3.8) is 0 Å². The Hall–Kier alpha value is -2.24. The second-order valence-corrected chi connectivity index (χ2v) is 7.43. The van der Waals surface area contributed by atoms with Crippen LogP contribution in [0.2, 0.25) is 5.02 Å². The number of aromatic nitrogens is 4. The van der Waals surface area contributed by atoms with E-state index >= 15 is 0 Å². The Morgan fingerprint density at radius 3 is 2.52 bits per heavy atom. The van der Waals surface area contributed by atoms with E-state index in [1.165, 1.54) is 17.0 Å². The van der Waals surface area contributed by atoms with Crippen molar-refractivity contribution < 1.29 is 0 Å². The molecule has 0 unspecified atom stereocenters. The minimum absolute atomic E-state index is 0.747. The molecule has 4 rings (SSSR count). The quantitative estimate of drug-likeness (QED) is 0.691. The molecule has 0 fully saturated rings. The molecule has 5 nitrogen and oxygen atoms in total. The van der Waals surface area contributed by atoms with E-state index in [9.17, 15) is 0 Å². The summed E-state index contributed by atoms with van der Waals surface area (Å²) in [6.45, 7) is 5.01. The third-order valence-corrected chi connectivity index (χ3v) is 5.48. The molecule has 0 spiro atoms. The summed E-state index contributed by atoms with van der Waals surface area (Å²) in [5.74, 6) is 0.916. The summed E-state index contributed by atoms with van der Waals surface area (Å²) in [6, 6.07) is 10.1. The highest BCUT2D eigenvalue weighted by Gasteiger charge is 2.21. The normalized spacial score (nSPS) is 14.8. The monoisotopic (exact) mass is 381 g/mol. The molecule has 1 aliphatic heterocycles. The lowest BCUT2D eigenvalue weighted by Gasteiger charge is -2.19. The van der Waals surface area contributed by atoms with Crippen molar-refractivity contribution in [3.05, 3.63) is 64.3 Å². The topological polar surface area (TPSA) is 46.8 Å². The second-order valence-electron chi connectivity index (χ2n) is 7.00. The zero-order chi connectivity index (χ0) is 18.8. The lowest BCUT2D eigenvalue weighted by atomic mass is 10.0. The van der Waals surface area contributed by atoms with E-state index in [2.05, 4.69) is 35.1 Å². The van der Waals surface area contributed by atoms with E-state index in [0.717, 1.165) is 61.0 Å². The summed E-state index contributed by atoms with van der Waals surface area (Å²) >= 11 is 6.08.